The van der Waals surface area contributed by atoms with Crippen LogP contribution in [0.5, 0.6) is 0 Å². The summed E-state index contributed by atoms with van der Waals surface area (Å²) in [5.41, 5.74) is 1.12. The molecule has 0 fully saturated rings. The molecule has 0 aliphatic heterocycles. The standard InChI is InChI=1S/C16H18BrN3O3/c1-3-10(2)14(16(22)23)19-15(21)11-8-18-20(9-11)13-6-4-5-12(17)7-13/h4-10,14H,3H2,1-2H3,(H,19,21)(H,22,23)/t10-,14-/m0/s1. The van der Waals surface area contributed by atoms with Gasteiger partial charge in [-0.05, 0) is 24.1 Å². The Morgan fingerprint density at radius 3 is 2.78 bits per heavy atom. The third kappa shape index (κ3) is 4.19. The third-order valence-electron chi connectivity index (χ3n) is 3.68. The quantitative estimate of drug-likeness (QED) is 0.807. The Hall–Kier alpha value is -2.15. The van der Waals surface area contributed by atoms with Gasteiger partial charge in [-0.2, -0.15) is 5.10 Å². The smallest absolute Gasteiger partial charge is 0.326 e. The molecule has 1 amide bonds. The van der Waals surface area contributed by atoms with Gasteiger partial charge in [0.25, 0.3) is 5.91 Å². The number of carboxylic acid groups (broad SMARTS) is 1. The molecule has 0 aliphatic carbocycles. The molecule has 0 radical (unpaired) electrons. The van der Waals surface area contributed by atoms with Gasteiger partial charge in [-0.15, -0.1) is 0 Å². The van der Waals surface area contributed by atoms with Crippen molar-refractivity contribution in [2.75, 3.05) is 0 Å². The van der Waals surface area contributed by atoms with E-state index in [4.69, 9.17) is 0 Å². The minimum atomic E-state index is -1.04. The summed E-state index contributed by atoms with van der Waals surface area (Å²) < 4.78 is 2.47. The van der Waals surface area contributed by atoms with Crippen LogP contribution in [0.25, 0.3) is 5.69 Å². The number of hydrogen-bond donors (Lipinski definition) is 2. The van der Waals surface area contributed by atoms with Crippen LogP contribution < -0.4 is 5.32 Å². The molecule has 6 nitrogen and oxygen atoms in total. The summed E-state index contributed by atoms with van der Waals surface area (Å²) in [6, 6.07) is 6.57. The first-order valence-electron chi connectivity index (χ1n) is 7.26. The zero-order valence-corrected chi connectivity index (χ0v) is 14.4. The number of amides is 1. The minimum absolute atomic E-state index is 0.156. The molecule has 1 aromatic heterocycles. The topological polar surface area (TPSA) is 84.2 Å². The number of nitrogens with one attached hydrogen (secondary N) is 1. The van der Waals surface area contributed by atoms with Gasteiger partial charge in [0.2, 0.25) is 0 Å². The lowest BCUT2D eigenvalue weighted by atomic mass is 9.99. The largest absolute Gasteiger partial charge is 0.480 e. The van der Waals surface area contributed by atoms with Gasteiger partial charge in [-0.25, -0.2) is 9.48 Å². The summed E-state index contributed by atoms with van der Waals surface area (Å²) in [5, 5.41) is 16.0. The second-order valence-corrected chi connectivity index (χ2v) is 6.24. The number of carbonyl (C=O) groups is 2. The van der Waals surface area contributed by atoms with Gasteiger partial charge in [0.05, 0.1) is 17.4 Å². The molecule has 23 heavy (non-hydrogen) atoms. The highest BCUT2D eigenvalue weighted by molar-refractivity contribution is 9.10. The Balaban J connectivity index is 2.16. The lowest BCUT2D eigenvalue weighted by Gasteiger charge is -2.19. The van der Waals surface area contributed by atoms with Crippen molar-refractivity contribution in [2.45, 2.75) is 26.3 Å². The monoisotopic (exact) mass is 379 g/mol. The summed E-state index contributed by atoms with van der Waals surface area (Å²) in [7, 11) is 0. The molecule has 122 valence electrons. The average molecular weight is 380 g/mol. The third-order valence-corrected chi connectivity index (χ3v) is 4.18. The Morgan fingerprint density at radius 2 is 2.17 bits per heavy atom. The van der Waals surface area contributed by atoms with E-state index >= 15 is 0 Å². The maximum Gasteiger partial charge on any atom is 0.326 e. The van der Waals surface area contributed by atoms with E-state index in [2.05, 4.69) is 26.3 Å². The lowest BCUT2D eigenvalue weighted by Crippen LogP contribution is -2.44. The van der Waals surface area contributed by atoms with E-state index in [1.54, 1.807) is 17.8 Å². The van der Waals surface area contributed by atoms with Gasteiger partial charge in [0.1, 0.15) is 6.04 Å². The van der Waals surface area contributed by atoms with Crippen molar-refractivity contribution in [3.8, 4) is 5.69 Å². The highest BCUT2D eigenvalue weighted by Crippen LogP contribution is 2.15. The van der Waals surface area contributed by atoms with Gasteiger partial charge in [-0.3, -0.25) is 4.79 Å². The van der Waals surface area contributed by atoms with Crippen molar-refractivity contribution in [2.24, 2.45) is 5.92 Å². The average Bonchev–Trinajstić information content (AvgIpc) is 3.01. The van der Waals surface area contributed by atoms with E-state index in [0.717, 1.165) is 10.2 Å². The van der Waals surface area contributed by atoms with Crippen molar-refractivity contribution >= 4 is 27.8 Å². The van der Waals surface area contributed by atoms with Crippen LogP contribution in [0.1, 0.15) is 30.6 Å². The highest BCUT2D eigenvalue weighted by atomic mass is 79.9. The Kier molecular flexibility index (Phi) is 5.54. The van der Waals surface area contributed by atoms with Crippen LogP contribution >= 0.6 is 15.9 Å². The summed E-state index contributed by atoms with van der Waals surface area (Å²) in [4.78, 5) is 23.5. The van der Waals surface area contributed by atoms with Crippen LogP contribution in [-0.2, 0) is 4.79 Å². The molecule has 0 bridgehead atoms. The summed E-state index contributed by atoms with van der Waals surface area (Å²) >= 11 is 3.38. The molecule has 0 saturated carbocycles. The van der Waals surface area contributed by atoms with E-state index in [9.17, 15) is 14.7 Å². The molecular weight excluding hydrogens is 362 g/mol. The normalized spacial score (nSPS) is 13.3. The van der Waals surface area contributed by atoms with Crippen molar-refractivity contribution in [3.63, 3.8) is 0 Å². The molecular formula is C16H18BrN3O3. The summed E-state index contributed by atoms with van der Waals surface area (Å²) in [5.74, 6) is -1.64. The first kappa shape index (κ1) is 17.2. The fraction of sp³-hybridized carbons (Fsp3) is 0.312. The molecule has 1 aromatic carbocycles. The van der Waals surface area contributed by atoms with Crippen LogP contribution in [0.3, 0.4) is 0 Å². The maximum atomic E-state index is 12.3. The number of halogens is 1. The van der Waals surface area contributed by atoms with E-state index in [1.807, 2.05) is 31.2 Å². The highest BCUT2D eigenvalue weighted by Gasteiger charge is 2.26. The number of rotatable bonds is 6. The predicted octanol–water partition coefficient (Wildman–Crippen LogP) is 2.86. The fourth-order valence-corrected chi connectivity index (χ4v) is 2.49. The fourth-order valence-electron chi connectivity index (χ4n) is 2.11. The van der Waals surface area contributed by atoms with E-state index in [0.29, 0.717) is 12.0 Å². The molecule has 7 heteroatoms. The van der Waals surface area contributed by atoms with Crippen molar-refractivity contribution < 1.29 is 14.7 Å². The molecule has 2 atom stereocenters. The van der Waals surface area contributed by atoms with Crippen LogP contribution in [0, 0.1) is 5.92 Å². The van der Waals surface area contributed by atoms with Crippen LogP contribution in [0.15, 0.2) is 41.1 Å². The van der Waals surface area contributed by atoms with Gasteiger partial charge >= 0.3 is 5.97 Å². The Morgan fingerprint density at radius 1 is 1.43 bits per heavy atom. The van der Waals surface area contributed by atoms with Crippen LogP contribution in [0.4, 0.5) is 0 Å². The Labute approximate surface area is 142 Å². The molecule has 0 spiro atoms. The maximum absolute atomic E-state index is 12.3. The Bertz CT molecular complexity index is 714. The number of benzene rings is 1. The second-order valence-electron chi connectivity index (χ2n) is 5.33. The van der Waals surface area contributed by atoms with E-state index in [-0.39, 0.29) is 5.92 Å². The van der Waals surface area contributed by atoms with Gasteiger partial charge in [-0.1, -0.05) is 42.3 Å². The van der Waals surface area contributed by atoms with Crippen molar-refractivity contribution in [3.05, 3.63) is 46.7 Å². The molecule has 2 rings (SSSR count). The number of carboxylic acids is 1. The molecule has 0 unspecified atom stereocenters. The summed E-state index contributed by atoms with van der Waals surface area (Å²) in [6.45, 7) is 3.68. The number of aliphatic carboxylic acids is 1. The first-order valence-corrected chi connectivity index (χ1v) is 8.06. The lowest BCUT2D eigenvalue weighted by molar-refractivity contribution is -0.140. The first-order chi connectivity index (χ1) is 10.9. The van der Waals surface area contributed by atoms with Gasteiger partial charge < -0.3 is 10.4 Å². The SMILES string of the molecule is CC[C@H](C)[C@H](NC(=O)c1cnn(-c2cccc(Br)c2)c1)C(=O)O. The van der Waals surface area contributed by atoms with E-state index in [1.165, 1.54) is 6.20 Å². The van der Waals surface area contributed by atoms with E-state index < -0.39 is 17.9 Å². The van der Waals surface area contributed by atoms with Gasteiger partial charge in [0, 0.05) is 10.7 Å². The van der Waals surface area contributed by atoms with Crippen molar-refractivity contribution in [1.82, 2.24) is 15.1 Å². The predicted molar refractivity (Wildman–Crippen MR) is 89.6 cm³/mol. The number of nitrogens with zero attached hydrogens (tertiary/aromatic N) is 2. The molecule has 1 heterocycles. The number of carbonyl (C=O) groups excluding carboxylic acids is 1. The second kappa shape index (κ2) is 7.41. The van der Waals surface area contributed by atoms with Crippen LogP contribution in [-0.4, -0.2) is 32.8 Å². The molecule has 2 aromatic rings. The minimum Gasteiger partial charge on any atom is -0.480 e. The molecule has 0 aliphatic rings. The number of hydrogen-bond acceptors (Lipinski definition) is 3. The van der Waals surface area contributed by atoms with Crippen LogP contribution in [0.2, 0.25) is 0 Å². The van der Waals surface area contributed by atoms with Gasteiger partial charge in [0.15, 0.2) is 0 Å². The molecule has 0 saturated heterocycles. The number of aromatic nitrogens is 2. The molecule has 2 N–H and O–H groups in total. The zero-order valence-electron chi connectivity index (χ0n) is 12.9. The summed E-state index contributed by atoms with van der Waals surface area (Å²) in [6.07, 6.45) is 3.66. The zero-order chi connectivity index (χ0) is 17.0. The van der Waals surface area contributed by atoms with Crippen molar-refractivity contribution in [1.29, 1.82) is 0 Å².